The van der Waals surface area contributed by atoms with Gasteiger partial charge >= 0.3 is 0 Å². The van der Waals surface area contributed by atoms with Crippen LogP contribution in [0.4, 0.5) is 0 Å². The summed E-state index contributed by atoms with van der Waals surface area (Å²) >= 11 is 0. The highest BCUT2D eigenvalue weighted by molar-refractivity contribution is 5.92. The van der Waals surface area contributed by atoms with Crippen LogP contribution in [0.15, 0.2) is 11.6 Å². The summed E-state index contributed by atoms with van der Waals surface area (Å²) in [7, 11) is 0. The van der Waals surface area contributed by atoms with Crippen molar-refractivity contribution in [1.29, 1.82) is 0 Å². The van der Waals surface area contributed by atoms with Crippen molar-refractivity contribution in [3.05, 3.63) is 11.6 Å². The molecule has 0 unspecified atom stereocenters. The van der Waals surface area contributed by atoms with Crippen LogP contribution in [0.25, 0.3) is 0 Å². The van der Waals surface area contributed by atoms with E-state index in [0.717, 1.165) is 6.92 Å². The SMILES string of the molecule is C/C(=C/C(=O)[O-])C(=O)[O-].CCC[NH+](CCC)CCC.CCC[NH+](CCC)CCC. The summed E-state index contributed by atoms with van der Waals surface area (Å²) in [6.07, 6.45) is 8.44. The third kappa shape index (κ3) is 26.6. The van der Waals surface area contributed by atoms with E-state index < -0.39 is 11.9 Å². The third-order valence-electron chi connectivity index (χ3n) is 4.28. The normalized spacial score (nSPS) is 10.9. The lowest BCUT2D eigenvalue weighted by Crippen LogP contribution is -3.11. The average Bonchev–Trinajstić information content (AvgIpc) is 2.63. The minimum atomic E-state index is -1.53. The molecule has 0 aliphatic carbocycles. The second kappa shape index (κ2) is 24.6. The molecule has 0 spiro atoms. The topological polar surface area (TPSA) is 89.1 Å². The van der Waals surface area contributed by atoms with E-state index >= 15 is 0 Å². The van der Waals surface area contributed by atoms with Crippen LogP contribution in [0.2, 0.25) is 0 Å². The van der Waals surface area contributed by atoms with E-state index in [1.165, 1.54) is 77.8 Å². The van der Waals surface area contributed by atoms with Gasteiger partial charge in [0, 0.05) is 0 Å². The number of carbonyl (C=O) groups is 2. The zero-order valence-electron chi connectivity index (χ0n) is 20.2. The molecular formula is C23H48N2O4. The van der Waals surface area contributed by atoms with E-state index in [9.17, 15) is 19.8 Å². The predicted octanol–water partition coefficient (Wildman–Crippen LogP) is -0.365. The number of nitrogens with one attached hydrogen (secondary N) is 2. The Morgan fingerprint density at radius 1 is 0.621 bits per heavy atom. The van der Waals surface area contributed by atoms with Crippen LogP contribution in [0.1, 0.15) is 87.0 Å². The molecule has 0 saturated heterocycles. The first kappa shape index (κ1) is 32.3. The van der Waals surface area contributed by atoms with E-state index in [1.807, 2.05) is 0 Å². The average molecular weight is 417 g/mol. The Bertz CT molecular complexity index is 365. The zero-order chi connectivity index (χ0) is 23.1. The molecule has 0 amide bonds. The minimum absolute atomic E-state index is 0.352. The van der Waals surface area contributed by atoms with Gasteiger partial charge in [0.1, 0.15) is 0 Å². The first-order valence-electron chi connectivity index (χ1n) is 11.5. The third-order valence-corrected chi connectivity index (χ3v) is 4.28. The zero-order valence-corrected chi connectivity index (χ0v) is 20.2. The fraction of sp³-hybridized carbons (Fsp3) is 0.826. The van der Waals surface area contributed by atoms with Crippen molar-refractivity contribution in [2.24, 2.45) is 0 Å². The highest BCUT2D eigenvalue weighted by Gasteiger charge is 2.02. The summed E-state index contributed by atoms with van der Waals surface area (Å²) < 4.78 is 0. The summed E-state index contributed by atoms with van der Waals surface area (Å²) in [5.41, 5.74) is -0.352. The minimum Gasteiger partial charge on any atom is -0.545 e. The number of quaternary nitrogens is 2. The van der Waals surface area contributed by atoms with Gasteiger partial charge in [-0.25, -0.2) is 0 Å². The van der Waals surface area contributed by atoms with Gasteiger partial charge in [-0.3, -0.25) is 0 Å². The van der Waals surface area contributed by atoms with Gasteiger partial charge in [-0.15, -0.1) is 0 Å². The first-order valence-corrected chi connectivity index (χ1v) is 11.5. The Balaban J connectivity index is -0.000000350. The van der Waals surface area contributed by atoms with Crippen molar-refractivity contribution in [3.63, 3.8) is 0 Å². The smallest absolute Gasteiger partial charge is 0.0768 e. The van der Waals surface area contributed by atoms with Crippen molar-refractivity contribution in [2.45, 2.75) is 87.0 Å². The summed E-state index contributed by atoms with van der Waals surface area (Å²) in [5.74, 6) is -3.03. The summed E-state index contributed by atoms with van der Waals surface area (Å²) in [6, 6.07) is 0. The van der Waals surface area contributed by atoms with Crippen LogP contribution in [-0.2, 0) is 9.59 Å². The van der Waals surface area contributed by atoms with Crippen molar-refractivity contribution < 1.29 is 29.6 Å². The molecule has 174 valence electrons. The predicted molar refractivity (Wildman–Crippen MR) is 117 cm³/mol. The van der Waals surface area contributed by atoms with Gasteiger partial charge in [0.2, 0.25) is 0 Å². The van der Waals surface area contributed by atoms with Crippen molar-refractivity contribution in [2.75, 3.05) is 39.3 Å². The molecule has 0 aliphatic heterocycles. The molecule has 0 fully saturated rings. The summed E-state index contributed by atoms with van der Waals surface area (Å²) in [6.45, 7) is 22.9. The Hall–Kier alpha value is -1.40. The van der Waals surface area contributed by atoms with Gasteiger partial charge in [-0.1, -0.05) is 41.5 Å². The van der Waals surface area contributed by atoms with E-state index in [4.69, 9.17) is 0 Å². The molecule has 0 bridgehead atoms. The van der Waals surface area contributed by atoms with Crippen LogP contribution in [0.5, 0.6) is 0 Å². The maximum Gasteiger partial charge on any atom is 0.0768 e. The van der Waals surface area contributed by atoms with Gasteiger partial charge in [0.15, 0.2) is 0 Å². The standard InChI is InChI=1S/2C9H21N.C5H6O4/c2*1-4-7-10(8-5-2)9-6-3;1-3(5(8)9)2-4(6)7/h2*4-9H2,1-3H3;2H,1H3,(H,6,7)(H,8,9)/b;;3-2-. The van der Waals surface area contributed by atoms with Gasteiger partial charge in [0.05, 0.1) is 51.2 Å². The van der Waals surface area contributed by atoms with Crippen LogP contribution < -0.4 is 20.0 Å². The molecule has 2 N–H and O–H groups in total. The van der Waals surface area contributed by atoms with Crippen molar-refractivity contribution >= 4 is 11.9 Å². The molecule has 0 saturated carbocycles. The largest absolute Gasteiger partial charge is 0.545 e. The molecule has 0 radical (unpaired) electrons. The number of hydrogen-bond acceptors (Lipinski definition) is 4. The number of carboxylic acid groups (broad SMARTS) is 2. The number of rotatable bonds is 14. The van der Waals surface area contributed by atoms with Crippen molar-refractivity contribution in [3.8, 4) is 0 Å². The van der Waals surface area contributed by atoms with Crippen LogP contribution in [-0.4, -0.2) is 51.2 Å². The Morgan fingerprint density at radius 3 is 0.966 bits per heavy atom. The molecule has 0 aliphatic rings. The summed E-state index contributed by atoms with van der Waals surface area (Å²) in [5, 5.41) is 19.4. The number of aliphatic carboxylic acids is 2. The molecule has 0 atom stereocenters. The Morgan fingerprint density at radius 2 is 0.862 bits per heavy atom. The maximum atomic E-state index is 9.76. The monoisotopic (exact) mass is 416 g/mol. The van der Waals surface area contributed by atoms with E-state index in [0.29, 0.717) is 6.08 Å². The molecule has 29 heavy (non-hydrogen) atoms. The van der Waals surface area contributed by atoms with Gasteiger partial charge in [-0.2, -0.15) is 0 Å². The molecule has 6 nitrogen and oxygen atoms in total. The molecule has 0 heterocycles. The molecular weight excluding hydrogens is 368 g/mol. The number of carboxylic acids is 2. The lowest BCUT2D eigenvalue weighted by molar-refractivity contribution is -0.900. The fourth-order valence-corrected chi connectivity index (χ4v) is 3.11. The van der Waals surface area contributed by atoms with E-state index in [-0.39, 0.29) is 5.57 Å². The molecule has 0 aromatic rings. The number of carbonyl (C=O) groups excluding carboxylic acids is 2. The van der Waals surface area contributed by atoms with Gasteiger partial charge in [0.25, 0.3) is 0 Å². The first-order chi connectivity index (χ1) is 13.7. The Kier molecular flexibility index (Phi) is 27.4. The highest BCUT2D eigenvalue weighted by Crippen LogP contribution is 1.86. The molecule has 0 aromatic heterocycles. The Labute approximate surface area is 180 Å². The quantitative estimate of drug-likeness (QED) is 0.378. The maximum absolute atomic E-state index is 9.76. The molecule has 0 rings (SSSR count). The van der Waals surface area contributed by atoms with Gasteiger partial charge in [-0.05, 0) is 57.1 Å². The number of hydrogen-bond donors (Lipinski definition) is 2. The summed E-state index contributed by atoms with van der Waals surface area (Å²) in [4.78, 5) is 23.0. The lowest BCUT2D eigenvalue weighted by Gasteiger charge is -2.16. The van der Waals surface area contributed by atoms with Gasteiger partial charge < -0.3 is 29.6 Å². The van der Waals surface area contributed by atoms with Crippen LogP contribution >= 0.6 is 0 Å². The lowest BCUT2D eigenvalue weighted by atomic mass is 10.3. The fourth-order valence-electron chi connectivity index (χ4n) is 3.11. The van der Waals surface area contributed by atoms with Crippen molar-refractivity contribution in [1.82, 2.24) is 0 Å². The highest BCUT2D eigenvalue weighted by atomic mass is 16.4. The van der Waals surface area contributed by atoms with Crippen LogP contribution in [0.3, 0.4) is 0 Å². The molecule has 0 aromatic carbocycles. The second-order valence-electron chi connectivity index (χ2n) is 7.43. The van der Waals surface area contributed by atoms with E-state index in [2.05, 4.69) is 41.5 Å². The van der Waals surface area contributed by atoms with Crippen LogP contribution in [0, 0.1) is 0 Å². The molecule has 6 heteroatoms. The van der Waals surface area contributed by atoms with E-state index in [1.54, 1.807) is 9.80 Å². The second-order valence-corrected chi connectivity index (χ2v) is 7.43.